The quantitative estimate of drug-likeness (QED) is 0.877. The molecule has 0 atom stereocenters. The van der Waals surface area contributed by atoms with Crippen molar-refractivity contribution in [2.45, 2.75) is 17.7 Å². The molecular formula is C12H16N2O3S. The highest BCUT2D eigenvalue weighted by molar-refractivity contribution is 7.89. The van der Waals surface area contributed by atoms with Gasteiger partial charge in [0.25, 0.3) is 5.91 Å². The van der Waals surface area contributed by atoms with Gasteiger partial charge in [-0.3, -0.25) is 4.79 Å². The van der Waals surface area contributed by atoms with Crippen molar-refractivity contribution in [3.63, 3.8) is 0 Å². The van der Waals surface area contributed by atoms with Crippen molar-refractivity contribution in [2.24, 2.45) is 11.1 Å². The molecule has 0 bridgehead atoms. The molecule has 0 heterocycles. The summed E-state index contributed by atoms with van der Waals surface area (Å²) in [6.45, 7) is 0.760. The number of primary sulfonamides is 1. The molecule has 1 saturated carbocycles. The minimum absolute atomic E-state index is 0.0175. The highest BCUT2D eigenvalue weighted by Gasteiger charge is 2.25. The summed E-state index contributed by atoms with van der Waals surface area (Å²) in [6, 6.07) is 5.69. The molecule has 0 unspecified atom stereocenters. The lowest BCUT2D eigenvalue weighted by atomic mass is 10.2. The van der Waals surface area contributed by atoms with E-state index in [1.807, 2.05) is 0 Å². The molecule has 2 rings (SSSR count). The van der Waals surface area contributed by atoms with E-state index in [2.05, 4.69) is 0 Å². The number of nitrogens with two attached hydrogens (primary N) is 1. The van der Waals surface area contributed by atoms with Crippen LogP contribution in [0, 0.1) is 5.92 Å². The molecule has 1 aliphatic rings. The molecule has 0 radical (unpaired) electrons. The fourth-order valence-electron chi connectivity index (χ4n) is 1.78. The lowest BCUT2D eigenvalue weighted by molar-refractivity contribution is 0.0788. The highest BCUT2D eigenvalue weighted by Crippen LogP contribution is 2.29. The number of sulfonamides is 1. The van der Waals surface area contributed by atoms with Gasteiger partial charge >= 0.3 is 0 Å². The normalized spacial score (nSPS) is 15.4. The third kappa shape index (κ3) is 3.08. The minimum Gasteiger partial charge on any atom is -0.341 e. The van der Waals surface area contributed by atoms with Crippen LogP contribution in [-0.4, -0.2) is 32.8 Å². The van der Waals surface area contributed by atoms with E-state index >= 15 is 0 Å². The molecule has 0 spiro atoms. The van der Waals surface area contributed by atoms with Crippen molar-refractivity contribution >= 4 is 15.9 Å². The van der Waals surface area contributed by atoms with Crippen LogP contribution in [-0.2, 0) is 10.0 Å². The van der Waals surface area contributed by atoms with Crippen molar-refractivity contribution in [3.05, 3.63) is 29.8 Å². The average Bonchev–Trinajstić information content (AvgIpc) is 3.11. The van der Waals surface area contributed by atoms with Crippen LogP contribution in [0.1, 0.15) is 23.2 Å². The van der Waals surface area contributed by atoms with Gasteiger partial charge in [-0.15, -0.1) is 0 Å². The van der Waals surface area contributed by atoms with E-state index in [-0.39, 0.29) is 10.8 Å². The van der Waals surface area contributed by atoms with E-state index < -0.39 is 10.0 Å². The molecule has 1 aliphatic carbocycles. The number of nitrogens with zero attached hydrogens (tertiary/aromatic N) is 1. The van der Waals surface area contributed by atoms with Crippen LogP contribution in [0.25, 0.3) is 0 Å². The molecule has 2 N–H and O–H groups in total. The van der Waals surface area contributed by atoms with Crippen LogP contribution in [0.15, 0.2) is 29.2 Å². The Kier molecular flexibility index (Phi) is 3.41. The molecule has 0 aliphatic heterocycles. The number of benzene rings is 1. The van der Waals surface area contributed by atoms with Crippen molar-refractivity contribution in [2.75, 3.05) is 13.6 Å². The third-order valence-electron chi connectivity index (χ3n) is 3.01. The summed E-state index contributed by atoms with van der Waals surface area (Å²) in [6.07, 6.45) is 2.37. The number of carbonyl (C=O) groups is 1. The van der Waals surface area contributed by atoms with E-state index in [4.69, 9.17) is 5.14 Å². The zero-order chi connectivity index (χ0) is 13.3. The number of amides is 1. The second-order valence-corrected chi connectivity index (χ2v) is 6.26. The summed E-state index contributed by atoms with van der Waals surface area (Å²) in [5, 5.41) is 4.99. The first-order chi connectivity index (χ1) is 8.38. The van der Waals surface area contributed by atoms with E-state index in [0.717, 1.165) is 6.54 Å². The van der Waals surface area contributed by atoms with Gasteiger partial charge in [-0.1, -0.05) is 0 Å². The molecule has 5 nitrogen and oxygen atoms in total. The maximum absolute atomic E-state index is 12.0. The van der Waals surface area contributed by atoms with E-state index in [1.165, 1.54) is 37.1 Å². The first-order valence-corrected chi connectivity index (χ1v) is 7.31. The second-order valence-electron chi connectivity index (χ2n) is 4.70. The zero-order valence-corrected chi connectivity index (χ0v) is 11.0. The molecule has 0 aromatic heterocycles. The molecule has 1 aromatic carbocycles. The van der Waals surface area contributed by atoms with Crippen molar-refractivity contribution in [1.29, 1.82) is 0 Å². The van der Waals surface area contributed by atoms with Gasteiger partial charge in [0.1, 0.15) is 0 Å². The molecular weight excluding hydrogens is 252 g/mol. The smallest absolute Gasteiger partial charge is 0.253 e. The van der Waals surface area contributed by atoms with Gasteiger partial charge < -0.3 is 4.90 Å². The van der Waals surface area contributed by atoms with Gasteiger partial charge in [-0.25, -0.2) is 13.6 Å². The SMILES string of the molecule is CN(CC1CC1)C(=O)c1ccc(S(N)(=O)=O)cc1. The highest BCUT2D eigenvalue weighted by atomic mass is 32.2. The van der Waals surface area contributed by atoms with Crippen LogP contribution in [0.3, 0.4) is 0 Å². The fourth-order valence-corrected chi connectivity index (χ4v) is 2.29. The Morgan fingerprint density at radius 1 is 1.33 bits per heavy atom. The van der Waals surface area contributed by atoms with Gasteiger partial charge in [-0.2, -0.15) is 0 Å². The van der Waals surface area contributed by atoms with Crippen molar-refractivity contribution in [1.82, 2.24) is 4.90 Å². The van der Waals surface area contributed by atoms with E-state index in [9.17, 15) is 13.2 Å². The first-order valence-electron chi connectivity index (χ1n) is 5.76. The van der Waals surface area contributed by atoms with Gasteiger partial charge in [0.05, 0.1) is 4.90 Å². The Labute approximate surface area is 107 Å². The van der Waals surface area contributed by atoms with Crippen molar-refractivity contribution in [3.8, 4) is 0 Å². The van der Waals surface area contributed by atoms with Gasteiger partial charge in [-0.05, 0) is 43.0 Å². The molecule has 6 heteroatoms. The zero-order valence-electron chi connectivity index (χ0n) is 10.2. The van der Waals surface area contributed by atoms with Crippen LogP contribution in [0.4, 0.5) is 0 Å². The van der Waals surface area contributed by atoms with Crippen molar-refractivity contribution < 1.29 is 13.2 Å². The Bertz CT molecular complexity index is 547. The molecule has 1 fully saturated rings. The summed E-state index contributed by atoms with van der Waals surface area (Å²) < 4.78 is 22.2. The van der Waals surface area contributed by atoms with Crippen LogP contribution in [0.2, 0.25) is 0 Å². The summed E-state index contributed by atoms with van der Waals surface area (Å²) >= 11 is 0. The molecule has 1 amide bonds. The van der Waals surface area contributed by atoms with Gasteiger partial charge in [0.2, 0.25) is 10.0 Å². The van der Waals surface area contributed by atoms with Crippen LogP contribution < -0.4 is 5.14 Å². The predicted molar refractivity (Wildman–Crippen MR) is 67.5 cm³/mol. The lowest BCUT2D eigenvalue weighted by Crippen LogP contribution is -2.28. The summed E-state index contributed by atoms with van der Waals surface area (Å²) in [5.74, 6) is 0.533. The summed E-state index contributed by atoms with van der Waals surface area (Å²) in [4.78, 5) is 13.7. The fraction of sp³-hybridized carbons (Fsp3) is 0.417. The van der Waals surface area contributed by atoms with E-state index in [0.29, 0.717) is 11.5 Å². The minimum atomic E-state index is -3.70. The Morgan fingerprint density at radius 3 is 2.33 bits per heavy atom. The Balaban J connectivity index is 2.11. The Hall–Kier alpha value is -1.40. The maximum Gasteiger partial charge on any atom is 0.253 e. The van der Waals surface area contributed by atoms with Gasteiger partial charge in [0, 0.05) is 19.2 Å². The number of rotatable bonds is 4. The lowest BCUT2D eigenvalue weighted by Gasteiger charge is -2.16. The number of carbonyl (C=O) groups excluding carboxylic acids is 1. The molecule has 0 saturated heterocycles. The topological polar surface area (TPSA) is 80.5 Å². The second kappa shape index (κ2) is 4.70. The average molecular weight is 268 g/mol. The molecule has 18 heavy (non-hydrogen) atoms. The summed E-state index contributed by atoms with van der Waals surface area (Å²) in [7, 11) is -1.94. The summed E-state index contributed by atoms with van der Waals surface area (Å²) in [5.41, 5.74) is 0.477. The predicted octanol–water partition coefficient (Wildman–Crippen LogP) is 0.816. The third-order valence-corrected chi connectivity index (χ3v) is 3.93. The largest absolute Gasteiger partial charge is 0.341 e. The standard InChI is InChI=1S/C12H16N2O3S/c1-14(8-9-2-3-9)12(15)10-4-6-11(7-5-10)18(13,16)17/h4-7,9H,2-3,8H2,1H3,(H2,13,16,17). The van der Waals surface area contributed by atoms with Crippen LogP contribution in [0.5, 0.6) is 0 Å². The first kappa shape index (κ1) is 13.0. The maximum atomic E-state index is 12.0. The monoisotopic (exact) mass is 268 g/mol. The molecule has 1 aromatic rings. The Morgan fingerprint density at radius 2 is 1.89 bits per heavy atom. The number of hydrogen-bond donors (Lipinski definition) is 1. The van der Waals surface area contributed by atoms with Crippen LogP contribution >= 0.6 is 0 Å². The number of hydrogen-bond acceptors (Lipinski definition) is 3. The van der Waals surface area contributed by atoms with E-state index in [1.54, 1.807) is 11.9 Å². The molecule has 98 valence electrons. The van der Waals surface area contributed by atoms with Gasteiger partial charge in [0.15, 0.2) is 0 Å².